The SMILES string of the molecule is CCCCCCN1CCN(C2CCCCC2=O)CC1. The maximum atomic E-state index is 12.0. The summed E-state index contributed by atoms with van der Waals surface area (Å²) in [6, 6.07) is 0.260. The number of Topliss-reactive ketones (excluding diaryl/α,β-unsaturated/α-hetero) is 1. The topological polar surface area (TPSA) is 23.6 Å². The van der Waals surface area contributed by atoms with E-state index in [1.165, 1.54) is 38.6 Å². The molecule has 0 aromatic heterocycles. The van der Waals surface area contributed by atoms with Gasteiger partial charge in [0.25, 0.3) is 0 Å². The molecule has 3 heteroatoms. The van der Waals surface area contributed by atoms with Crippen molar-refractivity contribution >= 4 is 5.78 Å². The van der Waals surface area contributed by atoms with Crippen LogP contribution in [0.5, 0.6) is 0 Å². The Morgan fingerprint density at radius 1 is 1.05 bits per heavy atom. The Hall–Kier alpha value is -0.410. The largest absolute Gasteiger partial charge is 0.301 e. The number of piperazine rings is 1. The Kier molecular flexibility index (Phi) is 6.32. The molecule has 2 rings (SSSR count). The van der Waals surface area contributed by atoms with Gasteiger partial charge in [0.15, 0.2) is 0 Å². The van der Waals surface area contributed by atoms with Crippen LogP contribution in [0.25, 0.3) is 0 Å². The second-order valence-electron chi connectivity index (χ2n) is 6.17. The van der Waals surface area contributed by atoms with Crippen molar-refractivity contribution in [2.45, 2.75) is 64.3 Å². The standard InChI is InChI=1S/C16H30N2O/c1-2-3-4-7-10-17-11-13-18(14-12-17)15-8-5-6-9-16(15)19/h15H,2-14H2,1H3. The van der Waals surface area contributed by atoms with Crippen LogP contribution in [0, 0.1) is 0 Å². The second-order valence-corrected chi connectivity index (χ2v) is 6.17. The van der Waals surface area contributed by atoms with Crippen molar-refractivity contribution in [2.24, 2.45) is 0 Å². The fourth-order valence-electron chi connectivity index (χ4n) is 3.41. The molecule has 1 aliphatic heterocycles. The van der Waals surface area contributed by atoms with Gasteiger partial charge in [-0.25, -0.2) is 0 Å². The minimum atomic E-state index is 0.260. The predicted molar refractivity (Wildman–Crippen MR) is 79.4 cm³/mol. The summed E-state index contributed by atoms with van der Waals surface area (Å²) in [5, 5.41) is 0. The molecule has 0 bridgehead atoms. The molecule has 1 saturated carbocycles. The van der Waals surface area contributed by atoms with Crippen molar-refractivity contribution in [2.75, 3.05) is 32.7 Å². The van der Waals surface area contributed by atoms with Gasteiger partial charge in [-0.2, -0.15) is 0 Å². The molecule has 0 aromatic rings. The van der Waals surface area contributed by atoms with Crippen LogP contribution in [0.3, 0.4) is 0 Å². The summed E-state index contributed by atoms with van der Waals surface area (Å²) in [5.74, 6) is 0.502. The molecule has 110 valence electrons. The molecule has 0 amide bonds. The molecule has 19 heavy (non-hydrogen) atoms. The highest BCUT2D eigenvalue weighted by Crippen LogP contribution is 2.21. The van der Waals surface area contributed by atoms with Gasteiger partial charge < -0.3 is 4.90 Å². The Bertz CT molecular complexity index is 272. The zero-order valence-corrected chi connectivity index (χ0v) is 12.6. The lowest BCUT2D eigenvalue weighted by Gasteiger charge is -2.40. The number of unbranched alkanes of at least 4 members (excludes halogenated alkanes) is 3. The van der Waals surface area contributed by atoms with E-state index < -0.39 is 0 Å². The van der Waals surface area contributed by atoms with E-state index in [1.54, 1.807) is 0 Å². The van der Waals surface area contributed by atoms with E-state index in [4.69, 9.17) is 0 Å². The average Bonchev–Trinajstić information content (AvgIpc) is 2.45. The summed E-state index contributed by atoms with van der Waals surface area (Å²) in [6.45, 7) is 8.05. The van der Waals surface area contributed by atoms with Crippen LogP contribution in [0.4, 0.5) is 0 Å². The molecule has 0 radical (unpaired) electrons. The van der Waals surface area contributed by atoms with Crippen LogP contribution >= 0.6 is 0 Å². The van der Waals surface area contributed by atoms with Gasteiger partial charge in [0.05, 0.1) is 6.04 Å². The molecule has 2 aliphatic rings. The van der Waals surface area contributed by atoms with E-state index in [0.717, 1.165) is 45.4 Å². The first-order valence-electron chi connectivity index (χ1n) is 8.30. The van der Waals surface area contributed by atoms with Crippen molar-refractivity contribution in [1.29, 1.82) is 0 Å². The van der Waals surface area contributed by atoms with Gasteiger partial charge in [-0.05, 0) is 25.8 Å². The lowest BCUT2D eigenvalue weighted by Crippen LogP contribution is -2.53. The van der Waals surface area contributed by atoms with Crippen LogP contribution in [-0.4, -0.2) is 54.3 Å². The maximum Gasteiger partial charge on any atom is 0.149 e. The Morgan fingerprint density at radius 3 is 2.53 bits per heavy atom. The number of hydrogen-bond donors (Lipinski definition) is 0. The van der Waals surface area contributed by atoms with E-state index in [0.29, 0.717) is 5.78 Å². The van der Waals surface area contributed by atoms with E-state index in [1.807, 2.05) is 0 Å². The molecule has 0 aromatic carbocycles. The molecule has 1 heterocycles. The number of hydrogen-bond acceptors (Lipinski definition) is 3. The minimum Gasteiger partial charge on any atom is -0.301 e. The number of rotatable bonds is 6. The first-order valence-corrected chi connectivity index (χ1v) is 8.30. The van der Waals surface area contributed by atoms with Crippen LogP contribution < -0.4 is 0 Å². The van der Waals surface area contributed by atoms with Crippen molar-refractivity contribution < 1.29 is 4.79 Å². The molecule has 1 atom stereocenters. The fourth-order valence-corrected chi connectivity index (χ4v) is 3.41. The molecule has 0 spiro atoms. The molecule has 1 unspecified atom stereocenters. The second kappa shape index (κ2) is 8.01. The van der Waals surface area contributed by atoms with Gasteiger partial charge >= 0.3 is 0 Å². The first-order chi connectivity index (χ1) is 9.31. The summed E-state index contributed by atoms with van der Waals surface area (Å²) in [4.78, 5) is 17.0. The number of carbonyl (C=O) groups is 1. The van der Waals surface area contributed by atoms with Crippen molar-refractivity contribution in [3.8, 4) is 0 Å². The molecular weight excluding hydrogens is 236 g/mol. The van der Waals surface area contributed by atoms with Gasteiger partial charge in [-0.15, -0.1) is 0 Å². The van der Waals surface area contributed by atoms with Gasteiger partial charge in [0.1, 0.15) is 5.78 Å². The van der Waals surface area contributed by atoms with E-state index in [2.05, 4.69) is 16.7 Å². The Balaban J connectivity index is 1.65. The van der Waals surface area contributed by atoms with Crippen molar-refractivity contribution in [1.82, 2.24) is 9.80 Å². The number of carbonyl (C=O) groups excluding carboxylic acids is 1. The van der Waals surface area contributed by atoms with Crippen LogP contribution in [-0.2, 0) is 4.79 Å². The number of nitrogens with zero attached hydrogens (tertiary/aromatic N) is 2. The molecule has 1 aliphatic carbocycles. The van der Waals surface area contributed by atoms with E-state index in [-0.39, 0.29) is 6.04 Å². The smallest absolute Gasteiger partial charge is 0.149 e. The molecule has 3 nitrogen and oxygen atoms in total. The summed E-state index contributed by atoms with van der Waals surface area (Å²) >= 11 is 0. The Labute approximate surface area is 118 Å². The van der Waals surface area contributed by atoms with Crippen LogP contribution in [0.2, 0.25) is 0 Å². The fraction of sp³-hybridized carbons (Fsp3) is 0.938. The summed E-state index contributed by atoms with van der Waals surface area (Å²) in [5.41, 5.74) is 0. The van der Waals surface area contributed by atoms with E-state index in [9.17, 15) is 4.79 Å². The first kappa shape index (κ1) is 15.0. The zero-order chi connectivity index (χ0) is 13.5. The van der Waals surface area contributed by atoms with Crippen molar-refractivity contribution in [3.05, 3.63) is 0 Å². The van der Waals surface area contributed by atoms with E-state index >= 15 is 0 Å². The summed E-state index contributed by atoms with van der Waals surface area (Å²) < 4.78 is 0. The Morgan fingerprint density at radius 2 is 1.84 bits per heavy atom. The number of ketones is 1. The lowest BCUT2D eigenvalue weighted by atomic mass is 9.92. The quantitative estimate of drug-likeness (QED) is 0.691. The summed E-state index contributed by atoms with van der Waals surface area (Å²) in [7, 11) is 0. The minimum absolute atomic E-state index is 0.260. The predicted octanol–water partition coefficient (Wildman–Crippen LogP) is 2.70. The third kappa shape index (κ3) is 4.57. The highest BCUT2D eigenvalue weighted by Gasteiger charge is 2.30. The van der Waals surface area contributed by atoms with Gasteiger partial charge in [0.2, 0.25) is 0 Å². The van der Waals surface area contributed by atoms with Crippen LogP contribution in [0.15, 0.2) is 0 Å². The zero-order valence-electron chi connectivity index (χ0n) is 12.6. The monoisotopic (exact) mass is 266 g/mol. The molecule has 0 N–H and O–H groups in total. The highest BCUT2D eigenvalue weighted by atomic mass is 16.1. The lowest BCUT2D eigenvalue weighted by molar-refractivity contribution is -0.127. The average molecular weight is 266 g/mol. The molecule has 1 saturated heterocycles. The normalized spacial score (nSPS) is 26.8. The maximum absolute atomic E-state index is 12.0. The van der Waals surface area contributed by atoms with Gasteiger partial charge in [-0.1, -0.05) is 32.6 Å². The van der Waals surface area contributed by atoms with Crippen molar-refractivity contribution in [3.63, 3.8) is 0 Å². The van der Waals surface area contributed by atoms with Crippen LogP contribution in [0.1, 0.15) is 58.3 Å². The molecular formula is C16H30N2O. The third-order valence-electron chi connectivity index (χ3n) is 4.70. The highest BCUT2D eigenvalue weighted by molar-refractivity contribution is 5.84. The summed E-state index contributed by atoms with van der Waals surface area (Å²) in [6.07, 6.45) is 9.69. The van der Waals surface area contributed by atoms with Gasteiger partial charge in [0, 0.05) is 32.6 Å². The molecule has 2 fully saturated rings. The third-order valence-corrected chi connectivity index (χ3v) is 4.70. The van der Waals surface area contributed by atoms with Gasteiger partial charge in [-0.3, -0.25) is 9.69 Å².